The predicted molar refractivity (Wildman–Crippen MR) is 98.2 cm³/mol. The van der Waals surface area contributed by atoms with E-state index in [1.54, 1.807) is 0 Å². The van der Waals surface area contributed by atoms with Crippen LogP contribution in [0.4, 0.5) is 0 Å². The third-order valence-corrected chi connectivity index (χ3v) is 5.81. The number of likely N-dealkylation sites (N-methyl/N-ethyl adjacent to an activating group) is 1. The average molecular weight is 343 g/mol. The van der Waals surface area contributed by atoms with Crippen molar-refractivity contribution in [1.29, 1.82) is 0 Å². The summed E-state index contributed by atoms with van der Waals surface area (Å²) >= 11 is 0. The number of nitrogens with one attached hydrogen (secondary N) is 1. The number of likely N-dealkylation sites (tertiary alicyclic amines) is 1. The summed E-state index contributed by atoms with van der Waals surface area (Å²) < 4.78 is 0. The number of rotatable bonds is 6. The van der Waals surface area contributed by atoms with Gasteiger partial charge in [0, 0.05) is 25.6 Å². The van der Waals surface area contributed by atoms with Crippen molar-refractivity contribution in [3.05, 3.63) is 35.9 Å². The topological polar surface area (TPSA) is 52.7 Å². The molecule has 1 saturated heterocycles. The SMILES string of the molecule is CN(C)C1(C(=O)NC2CCN(C(=O)CCc3ccccc3)C2)CCC1. The van der Waals surface area contributed by atoms with Crippen molar-refractivity contribution in [2.45, 2.75) is 50.1 Å². The van der Waals surface area contributed by atoms with Gasteiger partial charge in [-0.3, -0.25) is 14.5 Å². The molecule has 1 aliphatic carbocycles. The van der Waals surface area contributed by atoms with Gasteiger partial charge < -0.3 is 10.2 Å². The number of amides is 2. The highest BCUT2D eigenvalue weighted by Crippen LogP contribution is 2.36. The van der Waals surface area contributed by atoms with Crippen LogP contribution in [0, 0.1) is 0 Å². The highest BCUT2D eigenvalue weighted by Gasteiger charge is 2.46. The van der Waals surface area contributed by atoms with Crippen LogP contribution in [0.25, 0.3) is 0 Å². The minimum Gasteiger partial charge on any atom is -0.350 e. The first-order chi connectivity index (χ1) is 12.0. The van der Waals surface area contributed by atoms with Gasteiger partial charge in [0.15, 0.2) is 0 Å². The second-order valence-corrected chi connectivity index (χ2v) is 7.56. The molecule has 1 unspecified atom stereocenters. The van der Waals surface area contributed by atoms with E-state index in [1.165, 1.54) is 5.56 Å². The lowest BCUT2D eigenvalue weighted by molar-refractivity contribution is -0.138. The van der Waals surface area contributed by atoms with E-state index in [0.717, 1.165) is 38.6 Å². The molecule has 0 bridgehead atoms. The molecule has 136 valence electrons. The maximum absolute atomic E-state index is 12.7. The minimum atomic E-state index is -0.329. The van der Waals surface area contributed by atoms with Gasteiger partial charge in [0.1, 0.15) is 0 Å². The molecule has 2 aliphatic rings. The predicted octanol–water partition coefficient (Wildman–Crippen LogP) is 1.82. The van der Waals surface area contributed by atoms with Crippen LogP contribution in [0.5, 0.6) is 0 Å². The molecule has 1 aliphatic heterocycles. The number of hydrogen-bond acceptors (Lipinski definition) is 3. The van der Waals surface area contributed by atoms with Crippen LogP contribution in [-0.2, 0) is 16.0 Å². The quantitative estimate of drug-likeness (QED) is 0.857. The third-order valence-electron chi connectivity index (χ3n) is 5.81. The molecule has 2 fully saturated rings. The molecule has 1 heterocycles. The Kier molecular flexibility index (Phi) is 5.42. The van der Waals surface area contributed by atoms with Crippen LogP contribution in [0.15, 0.2) is 30.3 Å². The highest BCUT2D eigenvalue weighted by atomic mass is 16.2. The fraction of sp³-hybridized carbons (Fsp3) is 0.600. The molecule has 5 heteroatoms. The van der Waals surface area contributed by atoms with E-state index in [-0.39, 0.29) is 23.4 Å². The molecular formula is C20H29N3O2. The molecule has 1 atom stereocenters. The van der Waals surface area contributed by atoms with Crippen LogP contribution in [0.2, 0.25) is 0 Å². The monoisotopic (exact) mass is 343 g/mol. The number of nitrogens with zero attached hydrogens (tertiary/aromatic N) is 2. The fourth-order valence-corrected chi connectivity index (χ4v) is 3.87. The number of carbonyl (C=O) groups is 2. The molecule has 1 saturated carbocycles. The highest BCUT2D eigenvalue weighted by molar-refractivity contribution is 5.87. The van der Waals surface area contributed by atoms with Crippen molar-refractivity contribution in [2.75, 3.05) is 27.2 Å². The summed E-state index contributed by atoms with van der Waals surface area (Å²) in [6.07, 6.45) is 5.13. The average Bonchev–Trinajstić information content (AvgIpc) is 3.00. The van der Waals surface area contributed by atoms with Crippen molar-refractivity contribution in [1.82, 2.24) is 15.1 Å². The maximum atomic E-state index is 12.7. The maximum Gasteiger partial charge on any atom is 0.240 e. The molecule has 0 aromatic heterocycles. The first-order valence-electron chi connectivity index (χ1n) is 9.31. The van der Waals surface area contributed by atoms with Gasteiger partial charge in [-0.1, -0.05) is 30.3 Å². The molecule has 1 aromatic carbocycles. The van der Waals surface area contributed by atoms with E-state index in [1.807, 2.05) is 42.1 Å². The van der Waals surface area contributed by atoms with Crippen LogP contribution in [0.1, 0.15) is 37.7 Å². The van der Waals surface area contributed by atoms with E-state index in [2.05, 4.69) is 17.4 Å². The zero-order chi connectivity index (χ0) is 17.9. The van der Waals surface area contributed by atoms with Gasteiger partial charge in [0.25, 0.3) is 0 Å². The van der Waals surface area contributed by atoms with Crippen molar-refractivity contribution >= 4 is 11.8 Å². The Bertz CT molecular complexity index is 611. The molecule has 0 spiro atoms. The summed E-state index contributed by atoms with van der Waals surface area (Å²) in [7, 11) is 3.96. The lowest BCUT2D eigenvalue weighted by Gasteiger charge is -2.45. The minimum absolute atomic E-state index is 0.0885. The largest absolute Gasteiger partial charge is 0.350 e. The normalized spacial score (nSPS) is 21.9. The fourth-order valence-electron chi connectivity index (χ4n) is 3.87. The standard InChI is InChI=1S/C20H29N3O2/c1-22(2)20(12-6-13-20)19(25)21-17-11-14-23(15-17)18(24)10-9-16-7-4-3-5-8-16/h3-5,7-8,17H,6,9-15H2,1-2H3,(H,21,25). The van der Waals surface area contributed by atoms with Crippen LogP contribution < -0.4 is 5.32 Å². The van der Waals surface area contributed by atoms with E-state index in [4.69, 9.17) is 0 Å². The van der Waals surface area contributed by atoms with E-state index in [0.29, 0.717) is 13.0 Å². The Hall–Kier alpha value is -1.88. The van der Waals surface area contributed by atoms with Crippen molar-refractivity contribution in [3.63, 3.8) is 0 Å². The van der Waals surface area contributed by atoms with Gasteiger partial charge in [0.2, 0.25) is 11.8 Å². The van der Waals surface area contributed by atoms with Gasteiger partial charge >= 0.3 is 0 Å². The molecule has 3 rings (SSSR count). The lowest BCUT2D eigenvalue weighted by Crippen LogP contribution is -2.62. The molecule has 1 N–H and O–H groups in total. The zero-order valence-corrected chi connectivity index (χ0v) is 15.3. The summed E-state index contributed by atoms with van der Waals surface area (Å²) in [5.41, 5.74) is 0.864. The van der Waals surface area contributed by atoms with E-state index < -0.39 is 0 Å². The van der Waals surface area contributed by atoms with Crippen LogP contribution in [0.3, 0.4) is 0 Å². The number of aryl methyl sites for hydroxylation is 1. The number of benzene rings is 1. The summed E-state index contributed by atoms with van der Waals surface area (Å²) in [6, 6.07) is 10.2. The summed E-state index contributed by atoms with van der Waals surface area (Å²) in [4.78, 5) is 29.0. The molecule has 25 heavy (non-hydrogen) atoms. The summed E-state index contributed by atoms with van der Waals surface area (Å²) in [5.74, 6) is 0.318. The molecule has 1 aromatic rings. The van der Waals surface area contributed by atoms with E-state index >= 15 is 0 Å². The summed E-state index contributed by atoms with van der Waals surface area (Å²) in [6.45, 7) is 1.39. The van der Waals surface area contributed by atoms with Gasteiger partial charge in [0.05, 0.1) is 5.54 Å². The second kappa shape index (κ2) is 7.56. The van der Waals surface area contributed by atoms with Crippen molar-refractivity contribution < 1.29 is 9.59 Å². The van der Waals surface area contributed by atoms with Gasteiger partial charge in [-0.15, -0.1) is 0 Å². The van der Waals surface area contributed by atoms with Crippen LogP contribution >= 0.6 is 0 Å². The smallest absolute Gasteiger partial charge is 0.240 e. The molecule has 0 radical (unpaired) electrons. The molecule has 5 nitrogen and oxygen atoms in total. The zero-order valence-electron chi connectivity index (χ0n) is 15.3. The van der Waals surface area contributed by atoms with Gasteiger partial charge in [-0.05, 0) is 51.8 Å². The van der Waals surface area contributed by atoms with E-state index in [9.17, 15) is 9.59 Å². The Morgan fingerprint density at radius 3 is 2.56 bits per heavy atom. The van der Waals surface area contributed by atoms with Gasteiger partial charge in [-0.25, -0.2) is 0 Å². The number of hydrogen-bond donors (Lipinski definition) is 1. The third kappa shape index (κ3) is 3.87. The lowest BCUT2D eigenvalue weighted by atomic mass is 9.75. The Labute approximate surface area is 150 Å². The number of carbonyl (C=O) groups excluding carboxylic acids is 2. The Morgan fingerprint density at radius 2 is 1.96 bits per heavy atom. The second-order valence-electron chi connectivity index (χ2n) is 7.56. The molecule has 2 amide bonds. The van der Waals surface area contributed by atoms with Crippen molar-refractivity contribution in [2.24, 2.45) is 0 Å². The van der Waals surface area contributed by atoms with Crippen molar-refractivity contribution in [3.8, 4) is 0 Å². The molecular weight excluding hydrogens is 314 g/mol. The Balaban J connectivity index is 1.46. The Morgan fingerprint density at radius 1 is 1.24 bits per heavy atom. The first-order valence-corrected chi connectivity index (χ1v) is 9.31. The first kappa shape index (κ1) is 17.9. The van der Waals surface area contributed by atoms with Gasteiger partial charge in [-0.2, -0.15) is 0 Å². The summed E-state index contributed by atoms with van der Waals surface area (Å²) in [5, 5.41) is 3.19. The van der Waals surface area contributed by atoms with Crippen LogP contribution in [-0.4, -0.2) is 60.4 Å².